The lowest BCUT2D eigenvalue weighted by molar-refractivity contribution is 0.0992. The molecule has 0 unspecified atom stereocenters. The maximum absolute atomic E-state index is 12.9. The monoisotopic (exact) mass is 559 g/mol. The van der Waals surface area contributed by atoms with Gasteiger partial charge in [-0.1, -0.05) is 92.7 Å². The first-order valence-corrected chi connectivity index (χ1v) is 14.7. The Morgan fingerprint density at radius 1 is 0.976 bits per heavy atom. The molecule has 1 saturated heterocycles. The predicted octanol–water partition coefficient (Wildman–Crippen LogP) is 7.39. The average Bonchev–Trinajstić information content (AvgIpc) is 3.81. The van der Waals surface area contributed by atoms with Crippen LogP contribution in [0.5, 0.6) is 0 Å². The number of aromatic amines is 1. The van der Waals surface area contributed by atoms with E-state index in [0.717, 1.165) is 64.3 Å². The summed E-state index contributed by atoms with van der Waals surface area (Å²) in [5.41, 5.74) is 14.9. The number of rotatable bonds is 8. The second-order valence-corrected chi connectivity index (χ2v) is 11.4. The Labute approximate surface area is 247 Å². The van der Waals surface area contributed by atoms with E-state index in [9.17, 15) is 4.79 Å². The molecule has 4 aromatic rings. The van der Waals surface area contributed by atoms with Gasteiger partial charge in [-0.3, -0.25) is 9.89 Å². The lowest BCUT2D eigenvalue weighted by atomic mass is 9.96. The molecule has 0 aliphatic carbocycles. The third-order valence-electron chi connectivity index (χ3n) is 8.25. The second-order valence-electron chi connectivity index (χ2n) is 11.4. The molecule has 214 valence electrons. The van der Waals surface area contributed by atoms with E-state index >= 15 is 0 Å². The first kappa shape index (κ1) is 27.7. The molecular weight excluding hydrogens is 522 g/mol. The molecule has 1 aromatic heterocycles. The van der Waals surface area contributed by atoms with Crippen molar-refractivity contribution in [2.75, 3.05) is 6.54 Å². The van der Waals surface area contributed by atoms with Crippen molar-refractivity contribution in [3.63, 3.8) is 0 Å². The molecule has 2 atom stereocenters. The summed E-state index contributed by atoms with van der Waals surface area (Å²) in [6, 6.07) is 26.8. The molecule has 42 heavy (non-hydrogen) atoms. The number of nitrogens with zero attached hydrogens (tertiary/aromatic N) is 3. The van der Waals surface area contributed by atoms with Crippen LogP contribution in [-0.4, -0.2) is 39.3 Å². The van der Waals surface area contributed by atoms with Crippen LogP contribution in [0.4, 0.5) is 4.79 Å². The number of allylic oxidation sites excluding steroid dienone is 1. The lowest BCUT2D eigenvalue weighted by Gasteiger charge is -2.24. The third kappa shape index (κ3) is 5.92. The summed E-state index contributed by atoms with van der Waals surface area (Å²) in [7, 11) is 0. The van der Waals surface area contributed by atoms with Gasteiger partial charge in [-0.2, -0.15) is 0 Å². The van der Waals surface area contributed by atoms with Crippen LogP contribution in [0.2, 0.25) is 0 Å². The van der Waals surface area contributed by atoms with Crippen LogP contribution in [0.3, 0.4) is 0 Å². The average molecular weight is 560 g/mol. The van der Waals surface area contributed by atoms with Crippen LogP contribution >= 0.6 is 0 Å². The van der Waals surface area contributed by atoms with Gasteiger partial charge in [0.1, 0.15) is 12.4 Å². The summed E-state index contributed by atoms with van der Waals surface area (Å²) in [5, 5.41) is 0. The van der Waals surface area contributed by atoms with E-state index in [-0.39, 0.29) is 24.8 Å². The number of ether oxygens (including phenoxy) is 1. The Hall–Kier alpha value is -4.49. The number of imidazole rings is 1. The number of aromatic nitrogens is 2. The van der Waals surface area contributed by atoms with Crippen LogP contribution in [0.15, 0.2) is 96.3 Å². The minimum absolute atomic E-state index is 0.00752. The van der Waals surface area contributed by atoms with Crippen molar-refractivity contribution >= 4 is 17.4 Å². The van der Waals surface area contributed by atoms with Crippen LogP contribution < -0.4 is 5.73 Å². The molecule has 3 aromatic carbocycles. The van der Waals surface area contributed by atoms with Gasteiger partial charge < -0.3 is 15.5 Å². The Kier molecular flexibility index (Phi) is 8.02. The highest BCUT2D eigenvalue weighted by Crippen LogP contribution is 2.32. The Morgan fingerprint density at radius 3 is 2.33 bits per heavy atom. The first-order valence-electron chi connectivity index (χ1n) is 14.7. The molecule has 0 spiro atoms. The number of nitrogens with two attached hydrogens (primary N) is 1. The van der Waals surface area contributed by atoms with E-state index in [1.54, 1.807) is 0 Å². The lowest BCUT2D eigenvalue weighted by Crippen LogP contribution is -2.40. The normalized spacial score (nSPS) is 17.3. The number of nitrogens with one attached hydrogen (secondary N) is 1. The fourth-order valence-corrected chi connectivity index (χ4v) is 5.65. The predicted molar refractivity (Wildman–Crippen MR) is 168 cm³/mol. The summed E-state index contributed by atoms with van der Waals surface area (Å²) in [4.78, 5) is 27.3. The van der Waals surface area contributed by atoms with E-state index in [2.05, 4.69) is 72.3 Å². The van der Waals surface area contributed by atoms with Gasteiger partial charge in [0.05, 0.1) is 24.0 Å². The van der Waals surface area contributed by atoms with Gasteiger partial charge >= 0.3 is 6.09 Å². The maximum Gasteiger partial charge on any atom is 0.410 e. The number of hydrogen-bond acceptors (Lipinski definition) is 5. The summed E-state index contributed by atoms with van der Waals surface area (Å²) in [5.74, 6) is 1.13. The smallest absolute Gasteiger partial charge is 0.410 e. The van der Waals surface area contributed by atoms with E-state index in [1.165, 1.54) is 5.57 Å². The number of carbonyl (C=O) groups is 1. The van der Waals surface area contributed by atoms with Crippen LogP contribution in [0.25, 0.3) is 28.0 Å². The fourth-order valence-electron chi connectivity index (χ4n) is 5.65. The summed E-state index contributed by atoms with van der Waals surface area (Å²) in [6.45, 7) is 5.17. The zero-order chi connectivity index (χ0) is 29.1. The molecule has 7 heteroatoms. The standard InChI is InChI=1S/C35H37N5O2/c1-23(2)33(36)34-38-21-31(39-34)28-16-14-26(15-17-28)25-10-12-27(13-11-25)29-19-30(37-20-29)32-9-6-18-40(32)35(41)42-22-24-7-4-3-5-8-24/h3-5,7-8,10-17,20-21,23,32-33H,6,9,18-19,22,36H2,1-2H3,(H,38,39)/t32-,33-/m0/s1. The Morgan fingerprint density at radius 2 is 1.64 bits per heavy atom. The van der Waals surface area contributed by atoms with Crippen LogP contribution in [0, 0.1) is 5.92 Å². The quantitative estimate of drug-likeness (QED) is 0.235. The number of benzene rings is 3. The zero-order valence-corrected chi connectivity index (χ0v) is 24.2. The highest BCUT2D eigenvalue weighted by atomic mass is 16.6. The van der Waals surface area contributed by atoms with E-state index in [4.69, 9.17) is 15.5 Å². The number of H-pyrrole nitrogens is 1. The molecular formula is C35H37N5O2. The Balaban J connectivity index is 1.06. The number of aliphatic imine (C=N–C) groups is 1. The number of likely N-dealkylation sites (tertiary alicyclic amines) is 1. The van der Waals surface area contributed by atoms with Gasteiger partial charge in [0.15, 0.2) is 0 Å². The van der Waals surface area contributed by atoms with Crippen molar-refractivity contribution in [1.82, 2.24) is 14.9 Å². The molecule has 3 N–H and O–H groups in total. The minimum Gasteiger partial charge on any atom is -0.445 e. The van der Waals surface area contributed by atoms with Gasteiger partial charge in [-0.05, 0) is 52.1 Å². The number of amides is 1. The van der Waals surface area contributed by atoms with E-state index in [0.29, 0.717) is 12.5 Å². The maximum atomic E-state index is 12.9. The minimum atomic E-state index is -0.264. The van der Waals surface area contributed by atoms with Crippen molar-refractivity contribution in [2.24, 2.45) is 16.6 Å². The molecule has 0 radical (unpaired) electrons. The van der Waals surface area contributed by atoms with Crippen LogP contribution in [-0.2, 0) is 11.3 Å². The van der Waals surface area contributed by atoms with E-state index in [1.807, 2.05) is 47.6 Å². The zero-order valence-electron chi connectivity index (χ0n) is 24.2. The topological polar surface area (TPSA) is 96.6 Å². The summed E-state index contributed by atoms with van der Waals surface area (Å²) < 4.78 is 5.62. The molecule has 0 bridgehead atoms. The summed E-state index contributed by atoms with van der Waals surface area (Å²) in [6.07, 6.45) is 6.16. The van der Waals surface area contributed by atoms with Crippen molar-refractivity contribution in [2.45, 2.75) is 51.8 Å². The third-order valence-corrected chi connectivity index (χ3v) is 8.25. The van der Waals surface area contributed by atoms with E-state index < -0.39 is 0 Å². The molecule has 1 amide bonds. The second kappa shape index (κ2) is 12.2. The largest absolute Gasteiger partial charge is 0.445 e. The number of carbonyl (C=O) groups excluding carboxylic acids is 1. The number of hydrogen-bond donors (Lipinski definition) is 2. The molecule has 2 aliphatic heterocycles. The van der Waals surface area contributed by atoms with Gasteiger partial charge in [-0.25, -0.2) is 9.78 Å². The van der Waals surface area contributed by atoms with Crippen molar-refractivity contribution < 1.29 is 9.53 Å². The first-order chi connectivity index (χ1) is 20.5. The van der Waals surface area contributed by atoms with Gasteiger partial charge in [0.25, 0.3) is 0 Å². The van der Waals surface area contributed by atoms with Gasteiger partial charge in [0.2, 0.25) is 0 Å². The molecule has 1 fully saturated rings. The summed E-state index contributed by atoms with van der Waals surface area (Å²) >= 11 is 0. The molecule has 2 aliphatic rings. The SMILES string of the molecule is CC(C)[C@H](N)c1ncc(-c2ccc(-c3ccc(C4=CN=C([C@@H]5CCCN5C(=O)OCc5ccccc5)C4)cc3)cc2)[nH]1. The molecule has 6 rings (SSSR count). The van der Waals surface area contributed by atoms with Gasteiger partial charge in [0, 0.05) is 24.9 Å². The van der Waals surface area contributed by atoms with Crippen LogP contribution in [0.1, 0.15) is 56.1 Å². The molecule has 3 heterocycles. The fraction of sp³-hybridized carbons (Fsp3) is 0.286. The van der Waals surface area contributed by atoms with Gasteiger partial charge in [-0.15, -0.1) is 0 Å². The molecule has 7 nitrogen and oxygen atoms in total. The van der Waals surface area contributed by atoms with Crippen molar-refractivity contribution in [1.29, 1.82) is 0 Å². The Bertz CT molecular complexity index is 1590. The molecule has 0 saturated carbocycles. The highest BCUT2D eigenvalue weighted by Gasteiger charge is 2.34. The van der Waals surface area contributed by atoms with Crippen molar-refractivity contribution in [3.05, 3.63) is 108 Å². The highest BCUT2D eigenvalue weighted by molar-refractivity contribution is 6.03. The van der Waals surface area contributed by atoms with Crippen molar-refractivity contribution in [3.8, 4) is 22.4 Å².